The molecular formula is C25H23N3O3. The van der Waals surface area contributed by atoms with E-state index >= 15 is 0 Å². The van der Waals surface area contributed by atoms with Crippen molar-refractivity contribution in [3.63, 3.8) is 0 Å². The molecule has 3 heterocycles. The molecule has 3 aromatic rings. The summed E-state index contributed by atoms with van der Waals surface area (Å²) in [5, 5.41) is 2.95. The highest BCUT2D eigenvalue weighted by Crippen LogP contribution is 2.47. The molecule has 2 aliphatic rings. The first-order valence-electron chi connectivity index (χ1n) is 10.4. The number of pyridine rings is 1. The Morgan fingerprint density at radius 1 is 1.03 bits per heavy atom. The SMILES string of the molecule is O=C(NCc1ccncc1)C1CC2(CO1)c1ccccc1CN2C(=O)c1ccccc1. The van der Waals surface area contributed by atoms with E-state index in [1.807, 2.05) is 71.6 Å². The number of fused-ring (bicyclic) bond motifs is 2. The lowest BCUT2D eigenvalue weighted by Gasteiger charge is -2.34. The summed E-state index contributed by atoms with van der Waals surface area (Å²) in [6, 6.07) is 21.1. The second kappa shape index (κ2) is 7.96. The van der Waals surface area contributed by atoms with Gasteiger partial charge in [0.1, 0.15) is 6.10 Å². The molecule has 0 bridgehead atoms. The van der Waals surface area contributed by atoms with E-state index in [9.17, 15) is 9.59 Å². The number of amides is 2. The predicted molar refractivity (Wildman–Crippen MR) is 115 cm³/mol. The van der Waals surface area contributed by atoms with Crippen LogP contribution in [0.4, 0.5) is 0 Å². The quantitative estimate of drug-likeness (QED) is 0.714. The fourth-order valence-electron chi connectivity index (χ4n) is 4.59. The topological polar surface area (TPSA) is 71.5 Å². The lowest BCUT2D eigenvalue weighted by Crippen LogP contribution is -2.46. The second-order valence-corrected chi connectivity index (χ2v) is 8.02. The van der Waals surface area contributed by atoms with E-state index in [1.54, 1.807) is 12.4 Å². The second-order valence-electron chi connectivity index (χ2n) is 8.02. The summed E-state index contributed by atoms with van der Waals surface area (Å²) in [4.78, 5) is 32.2. The van der Waals surface area contributed by atoms with Crippen molar-refractivity contribution in [2.75, 3.05) is 6.61 Å². The van der Waals surface area contributed by atoms with Crippen LogP contribution < -0.4 is 5.32 Å². The van der Waals surface area contributed by atoms with Gasteiger partial charge in [-0.1, -0.05) is 42.5 Å². The maximum Gasteiger partial charge on any atom is 0.254 e. The van der Waals surface area contributed by atoms with Gasteiger partial charge in [0, 0.05) is 37.5 Å². The van der Waals surface area contributed by atoms with Gasteiger partial charge in [0.15, 0.2) is 0 Å². The Labute approximate surface area is 180 Å². The Morgan fingerprint density at radius 3 is 2.58 bits per heavy atom. The molecular weight excluding hydrogens is 390 g/mol. The molecule has 5 rings (SSSR count). The number of hydrogen-bond acceptors (Lipinski definition) is 4. The normalized spacial score (nSPS) is 21.8. The standard InChI is InChI=1S/C25H23N3O3/c29-23(27-15-18-10-12-26-13-11-18)22-14-25(17-31-22)21-9-5-4-8-20(21)16-28(25)24(30)19-6-2-1-3-7-19/h1-13,22H,14-17H2,(H,27,29). The molecule has 0 aliphatic carbocycles. The molecule has 1 N–H and O–H groups in total. The van der Waals surface area contributed by atoms with E-state index < -0.39 is 11.6 Å². The third-order valence-corrected chi connectivity index (χ3v) is 6.18. The zero-order chi connectivity index (χ0) is 21.3. The van der Waals surface area contributed by atoms with Crippen molar-refractivity contribution < 1.29 is 14.3 Å². The van der Waals surface area contributed by atoms with Gasteiger partial charge in [0.05, 0.1) is 12.1 Å². The van der Waals surface area contributed by atoms with Crippen LogP contribution in [0.5, 0.6) is 0 Å². The molecule has 2 amide bonds. The molecule has 1 spiro atoms. The first-order chi connectivity index (χ1) is 15.2. The lowest BCUT2D eigenvalue weighted by atomic mass is 9.86. The summed E-state index contributed by atoms with van der Waals surface area (Å²) >= 11 is 0. The maximum absolute atomic E-state index is 13.4. The minimum atomic E-state index is -0.637. The van der Waals surface area contributed by atoms with E-state index in [4.69, 9.17) is 4.74 Å². The summed E-state index contributed by atoms with van der Waals surface area (Å²) < 4.78 is 6.00. The fraction of sp³-hybridized carbons (Fsp3) is 0.240. The Hall–Kier alpha value is -3.51. The highest BCUT2D eigenvalue weighted by molar-refractivity contribution is 5.95. The van der Waals surface area contributed by atoms with Crippen LogP contribution in [0.2, 0.25) is 0 Å². The maximum atomic E-state index is 13.4. The van der Waals surface area contributed by atoms with Crippen molar-refractivity contribution in [1.29, 1.82) is 0 Å². The molecule has 2 aliphatic heterocycles. The van der Waals surface area contributed by atoms with Gasteiger partial charge in [-0.05, 0) is 41.0 Å². The molecule has 1 saturated heterocycles. The lowest BCUT2D eigenvalue weighted by molar-refractivity contribution is -0.130. The van der Waals surface area contributed by atoms with Crippen LogP contribution in [0.1, 0.15) is 33.5 Å². The van der Waals surface area contributed by atoms with Crippen LogP contribution in [-0.4, -0.2) is 34.4 Å². The summed E-state index contributed by atoms with van der Waals surface area (Å²) in [6.45, 7) is 1.23. The molecule has 2 atom stereocenters. The van der Waals surface area contributed by atoms with Gasteiger partial charge < -0.3 is 15.0 Å². The summed E-state index contributed by atoms with van der Waals surface area (Å²) in [6.07, 6.45) is 3.22. The van der Waals surface area contributed by atoms with Gasteiger partial charge in [-0.25, -0.2) is 0 Å². The highest BCUT2D eigenvalue weighted by Gasteiger charge is 2.54. The van der Waals surface area contributed by atoms with E-state index in [0.29, 0.717) is 31.7 Å². The fourth-order valence-corrected chi connectivity index (χ4v) is 4.59. The molecule has 1 fully saturated rings. The van der Waals surface area contributed by atoms with Crippen LogP contribution in [0, 0.1) is 0 Å². The van der Waals surface area contributed by atoms with Crippen LogP contribution in [0.25, 0.3) is 0 Å². The largest absolute Gasteiger partial charge is 0.365 e. The molecule has 2 aromatic carbocycles. The monoisotopic (exact) mass is 413 g/mol. The summed E-state index contributed by atoms with van der Waals surface area (Å²) in [5.74, 6) is -0.205. The van der Waals surface area contributed by atoms with Crippen molar-refractivity contribution in [3.8, 4) is 0 Å². The average molecular weight is 413 g/mol. The summed E-state index contributed by atoms with van der Waals surface area (Å²) in [7, 11) is 0. The first-order valence-corrected chi connectivity index (χ1v) is 10.4. The van der Waals surface area contributed by atoms with E-state index in [1.165, 1.54) is 0 Å². The highest BCUT2D eigenvalue weighted by atomic mass is 16.5. The van der Waals surface area contributed by atoms with E-state index in [0.717, 1.165) is 16.7 Å². The van der Waals surface area contributed by atoms with Crippen molar-refractivity contribution >= 4 is 11.8 Å². The average Bonchev–Trinajstić information content (AvgIpc) is 3.41. The molecule has 6 nitrogen and oxygen atoms in total. The number of nitrogens with one attached hydrogen (secondary N) is 1. The molecule has 2 unspecified atom stereocenters. The minimum absolute atomic E-state index is 0.0433. The molecule has 1 aromatic heterocycles. The molecule has 31 heavy (non-hydrogen) atoms. The number of carbonyl (C=O) groups is 2. The number of ether oxygens (including phenoxy) is 1. The predicted octanol–water partition coefficient (Wildman–Crippen LogP) is 3.04. The van der Waals surface area contributed by atoms with Crippen molar-refractivity contribution in [2.45, 2.75) is 31.2 Å². The first kappa shape index (κ1) is 19.5. The van der Waals surface area contributed by atoms with Gasteiger partial charge in [-0.3, -0.25) is 14.6 Å². The Morgan fingerprint density at radius 2 is 1.77 bits per heavy atom. The molecule has 0 saturated carbocycles. The summed E-state index contributed by atoms with van der Waals surface area (Å²) in [5.41, 5.74) is 3.16. The number of aromatic nitrogens is 1. The van der Waals surface area contributed by atoms with E-state index in [-0.39, 0.29) is 11.8 Å². The zero-order valence-corrected chi connectivity index (χ0v) is 17.0. The number of nitrogens with zero attached hydrogens (tertiary/aromatic N) is 2. The Kier molecular flexibility index (Phi) is 5.00. The van der Waals surface area contributed by atoms with Crippen LogP contribution in [0.3, 0.4) is 0 Å². The van der Waals surface area contributed by atoms with Gasteiger partial charge in [-0.2, -0.15) is 0 Å². The van der Waals surface area contributed by atoms with Crippen LogP contribution in [-0.2, 0) is 28.2 Å². The number of carbonyl (C=O) groups excluding carboxylic acids is 2. The van der Waals surface area contributed by atoms with Gasteiger partial charge in [0.25, 0.3) is 5.91 Å². The van der Waals surface area contributed by atoms with Crippen molar-refractivity contribution in [1.82, 2.24) is 15.2 Å². The molecule has 0 radical (unpaired) electrons. The van der Waals surface area contributed by atoms with Crippen LogP contribution >= 0.6 is 0 Å². The number of benzene rings is 2. The third-order valence-electron chi connectivity index (χ3n) is 6.18. The van der Waals surface area contributed by atoms with Gasteiger partial charge >= 0.3 is 0 Å². The Bertz CT molecular complexity index is 1100. The zero-order valence-electron chi connectivity index (χ0n) is 17.0. The van der Waals surface area contributed by atoms with Crippen LogP contribution in [0.15, 0.2) is 79.1 Å². The third kappa shape index (κ3) is 3.49. The van der Waals surface area contributed by atoms with Gasteiger partial charge in [-0.15, -0.1) is 0 Å². The van der Waals surface area contributed by atoms with E-state index in [2.05, 4.69) is 10.3 Å². The Balaban J connectivity index is 1.39. The van der Waals surface area contributed by atoms with Crippen molar-refractivity contribution in [3.05, 3.63) is 101 Å². The smallest absolute Gasteiger partial charge is 0.254 e. The minimum Gasteiger partial charge on any atom is -0.365 e. The van der Waals surface area contributed by atoms with Gasteiger partial charge in [0.2, 0.25) is 5.91 Å². The molecule has 6 heteroatoms. The number of rotatable bonds is 4. The molecule has 156 valence electrons. The number of hydrogen-bond donors (Lipinski definition) is 1. The van der Waals surface area contributed by atoms with Crippen molar-refractivity contribution in [2.24, 2.45) is 0 Å².